The van der Waals surface area contributed by atoms with Crippen molar-refractivity contribution in [2.24, 2.45) is 0 Å². The lowest BCUT2D eigenvalue weighted by molar-refractivity contribution is 0.102. The number of imidazole rings is 1. The number of halogens is 4. The minimum absolute atomic E-state index is 0.124. The highest BCUT2D eigenvalue weighted by molar-refractivity contribution is 8.00. The van der Waals surface area contributed by atoms with Gasteiger partial charge in [0, 0.05) is 45.6 Å². The molecule has 0 bridgehead atoms. The zero-order valence-corrected chi connectivity index (χ0v) is 20.9. The van der Waals surface area contributed by atoms with E-state index in [0.29, 0.717) is 9.92 Å². The predicted molar refractivity (Wildman–Crippen MR) is 136 cm³/mol. The average Bonchev–Trinajstić information content (AvgIpc) is 3.35. The largest absolute Gasteiger partial charge is 0.341 e. The topological polar surface area (TPSA) is 70.7 Å². The van der Waals surface area contributed by atoms with Crippen LogP contribution in [0.15, 0.2) is 65.8 Å². The summed E-state index contributed by atoms with van der Waals surface area (Å²) in [4.78, 5) is 25.5. The Balaban J connectivity index is 1.41. The van der Waals surface area contributed by atoms with E-state index in [4.69, 9.17) is 11.6 Å². The second-order valence-electron chi connectivity index (χ2n) is 8.32. The number of aromatic nitrogens is 3. The van der Waals surface area contributed by atoms with Crippen LogP contribution >= 0.6 is 23.4 Å². The number of rotatable bonds is 8. The summed E-state index contributed by atoms with van der Waals surface area (Å²) in [6, 6.07) is 11.8. The summed E-state index contributed by atoms with van der Waals surface area (Å²) < 4.78 is 40.1. The van der Waals surface area contributed by atoms with E-state index in [0.717, 1.165) is 35.8 Å². The molecule has 0 radical (unpaired) electrons. The molecule has 0 saturated heterocycles. The van der Waals surface area contributed by atoms with E-state index in [-0.39, 0.29) is 22.4 Å². The third kappa shape index (κ3) is 6.09. The normalized spacial score (nSPS) is 12.8. The highest BCUT2D eigenvalue weighted by atomic mass is 35.5. The van der Waals surface area contributed by atoms with Crippen molar-refractivity contribution in [3.05, 3.63) is 94.8 Å². The van der Waals surface area contributed by atoms with Crippen LogP contribution in [0.3, 0.4) is 0 Å². The minimum Gasteiger partial charge on any atom is -0.341 e. The molecule has 2 aromatic heterocycles. The van der Waals surface area contributed by atoms with Crippen molar-refractivity contribution >= 4 is 35.0 Å². The molecule has 4 rings (SSSR count). The van der Waals surface area contributed by atoms with E-state index < -0.39 is 23.4 Å². The third-order valence-electron chi connectivity index (χ3n) is 5.45. The van der Waals surface area contributed by atoms with Crippen molar-refractivity contribution in [3.8, 4) is 11.4 Å². The Hall–Kier alpha value is -3.30. The van der Waals surface area contributed by atoms with Gasteiger partial charge >= 0.3 is 0 Å². The summed E-state index contributed by atoms with van der Waals surface area (Å²) in [6.45, 7) is 4.13. The van der Waals surface area contributed by atoms with Crippen LogP contribution in [-0.4, -0.2) is 26.1 Å². The van der Waals surface area contributed by atoms with Gasteiger partial charge in [-0.2, -0.15) is 0 Å². The van der Waals surface area contributed by atoms with Gasteiger partial charge in [0.25, 0.3) is 5.91 Å². The van der Waals surface area contributed by atoms with E-state index in [9.17, 15) is 18.0 Å². The van der Waals surface area contributed by atoms with Crippen LogP contribution in [0.4, 0.5) is 18.9 Å². The molecule has 2 unspecified atom stereocenters. The molecule has 1 amide bonds. The zero-order chi connectivity index (χ0) is 25.8. The first kappa shape index (κ1) is 25.8. The molecule has 5 nitrogen and oxygen atoms in total. The number of benzene rings is 2. The quantitative estimate of drug-likeness (QED) is 0.183. The summed E-state index contributed by atoms with van der Waals surface area (Å²) in [5, 5.41) is 2.98. The number of carbonyl (C=O) groups is 1. The number of aromatic amines is 1. The monoisotopic (exact) mass is 530 g/mol. The molecule has 36 heavy (non-hydrogen) atoms. The lowest BCUT2D eigenvalue weighted by Gasteiger charge is -2.17. The van der Waals surface area contributed by atoms with Crippen LogP contribution < -0.4 is 5.32 Å². The Morgan fingerprint density at radius 1 is 1.08 bits per heavy atom. The highest BCUT2D eigenvalue weighted by Crippen LogP contribution is 2.35. The van der Waals surface area contributed by atoms with Crippen LogP contribution in [-0.2, 0) is 0 Å². The number of hydrogen-bond donors (Lipinski definition) is 2. The maximum absolute atomic E-state index is 13.5. The first-order valence-corrected chi connectivity index (χ1v) is 12.4. The fraction of sp³-hybridized carbons (Fsp3) is 0.192. The van der Waals surface area contributed by atoms with Crippen LogP contribution in [0.2, 0.25) is 5.02 Å². The number of anilines is 1. The fourth-order valence-electron chi connectivity index (χ4n) is 3.68. The van der Waals surface area contributed by atoms with E-state index in [1.165, 1.54) is 17.8 Å². The summed E-state index contributed by atoms with van der Waals surface area (Å²) in [7, 11) is 0. The van der Waals surface area contributed by atoms with Gasteiger partial charge in [-0.15, -0.1) is 11.8 Å². The average molecular weight is 531 g/mol. The number of thioether (sulfide) groups is 1. The smallest absolute Gasteiger partial charge is 0.255 e. The number of hydrogen-bond acceptors (Lipinski definition) is 4. The lowest BCUT2D eigenvalue weighted by atomic mass is 10.1. The first-order chi connectivity index (χ1) is 17.2. The van der Waals surface area contributed by atoms with E-state index in [1.807, 2.05) is 18.2 Å². The van der Waals surface area contributed by atoms with Gasteiger partial charge < -0.3 is 10.3 Å². The molecule has 2 heterocycles. The van der Waals surface area contributed by atoms with Crippen LogP contribution in [0.25, 0.3) is 11.4 Å². The van der Waals surface area contributed by atoms with Crippen molar-refractivity contribution in [1.82, 2.24) is 15.0 Å². The minimum atomic E-state index is -1.59. The fourth-order valence-corrected chi connectivity index (χ4v) is 5.12. The van der Waals surface area contributed by atoms with Gasteiger partial charge in [0.15, 0.2) is 17.5 Å². The highest BCUT2D eigenvalue weighted by Gasteiger charge is 2.18. The summed E-state index contributed by atoms with van der Waals surface area (Å²) in [5.41, 5.74) is 1.73. The van der Waals surface area contributed by atoms with Gasteiger partial charge in [-0.25, -0.2) is 18.2 Å². The summed E-state index contributed by atoms with van der Waals surface area (Å²) in [6.07, 6.45) is 4.27. The van der Waals surface area contributed by atoms with E-state index in [1.54, 1.807) is 24.5 Å². The van der Waals surface area contributed by atoms with Crippen molar-refractivity contribution in [1.29, 1.82) is 0 Å². The molecule has 0 aliphatic rings. The summed E-state index contributed by atoms with van der Waals surface area (Å²) >= 11 is 7.88. The number of amides is 1. The standard InChI is InChI=1S/C26H22ClF3N4OS/c1-14(25-32-13-22(34-25)21-5-3-4-8-31-21)9-15(2)36-23-10-16(6-7-18(23)27)26(35)33-17-11-19(28)24(30)20(29)12-17/h3-8,10-15H,9H2,1-2H3,(H,32,34)(H,33,35). The lowest BCUT2D eigenvalue weighted by Crippen LogP contribution is -2.13. The zero-order valence-electron chi connectivity index (χ0n) is 19.4. The van der Waals surface area contributed by atoms with E-state index >= 15 is 0 Å². The number of pyridine rings is 1. The SMILES string of the molecule is CC(CC(C)c1ncc(-c2ccccn2)[nH]1)Sc1cc(C(=O)Nc2cc(F)c(F)c(F)c2)ccc1Cl. The van der Waals surface area contributed by atoms with Gasteiger partial charge in [-0.05, 0) is 36.8 Å². The molecule has 10 heteroatoms. The molecule has 2 N–H and O–H groups in total. The molecule has 2 atom stereocenters. The maximum Gasteiger partial charge on any atom is 0.255 e. The van der Waals surface area contributed by atoms with Crippen molar-refractivity contribution in [2.75, 3.05) is 5.32 Å². The molecule has 0 saturated carbocycles. The maximum atomic E-state index is 13.5. The van der Waals surface area contributed by atoms with Gasteiger partial charge in [0.2, 0.25) is 0 Å². The molecule has 0 aliphatic carbocycles. The van der Waals surface area contributed by atoms with Gasteiger partial charge in [-0.3, -0.25) is 9.78 Å². The number of carbonyl (C=O) groups excluding carboxylic acids is 1. The first-order valence-electron chi connectivity index (χ1n) is 11.1. The Kier molecular flexibility index (Phi) is 8.01. The van der Waals surface area contributed by atoms with Crippen LogP contribution in [0, 0.1) is 17.5 Å². The van der Waals surface area contributed by atoms with Crippen LogP contribution in [0.5, 0.6) is 0 Å². The summed E-state index contributed by atoms with van der Waals surface area (Å²) in [5.74, 6) is -3.99. The van der Waals surface area contributed by atoms with Crippen molar-refractivity contribution < 1.29 is 18.0 Å². The molecule has 2 aromatic carbocycles. The molecule has 0 fully saturated rings. The van der Waals surface area contributed by atoms with E-state index in [2.05, 4.69) is 34.1 Å². The Bertz CT molecular complexity index is 1360. The van der Waals surface area contributed by atoms with Gasteiger partial charge in [-0.1, -0.05) is 31.5 Å². The molecule has 0 spiro atoms. The molecule has 186 valence electrons. The second kappa shape index (κ2) is 11.2. The number of H-pyrrole nitrogens is 1. The number of nitrogens with one attached hydrogen (secondary N) is 2. The molecular formula is C26H22ClF3N4OS. The molecular weight excluding hydrogens is 509 g/mol. The van der Waals surface area contributed by atoms with Gasteiger partial charge in [0.1, 0.15) is 5.82 Å². The Labute approximate surface area is 215 Å². The Morgan fingerprint density at radius 3 is 2.53 bits per heavy atom. The molecule has 0 aliphatic heterocycles. The third-order valence-corrected chi connectivity index (χ3v) is 7.08. The predicted octanol–water partition coefficient (Wildman–Crippen LogP) is 7.47. The van der Waals surface area contributed by atoms with Crippen LogP contribution in [0.1, 0.15) is 42.4 Å². The Morgan fingerprint density at radius 2 is 1.83 bits per heavy atom. The number of nitrogens with zero attached hydrogens (tertiary/aromatic N) is 2. The molecule has 4 aromatic rings. The van der Waals surface area contributed by atoms with Crippen molar-refractivity contribution in [3.63, 3.8) is 0 Å². The van der Waals surface area contributed by atoms with Gasteiger partial charge in [0.05, 0.1) is 22.6 Å². The van der Waals surface area contributed by atoms with Crippen molar-refractivity contribution in [2.45, 2.75) is 36.3 Å². The second-order valence-corrected chi connectivity index (χ2v) is 10.2.